The van der Waals surface area contributed by atoms with Gasteiger partial charge in [0.25, 0.3) is 0 Å². The molecule has 0 aliphatic heterocycles. The molecule has 0 bridgehead atoms. The Morgan fingerprint density at radius 1 is 1.44 bits per heavy atom. The molecule has 0 heterocycles. The largest absolute Gasteiger partial charge is 0.324 e. The van der Waals surface area contributed by atoms with Crippen molar-refractivity contribution < 1.29 is 0 Å². The Balaban J connectivity index is 4.10. The highest BCUT2D eigenvalue weighted by atomic mass is 14.6. The first-order valence-electron chi connectivity index (χ1n) is 3.51. The lowest BCUT2D eigenvalue weighted by Crippen LogP contribution is -2.17. The third-order valence-corrected chi connectivity index (χ3v) is 1.89. The molecule has 0 aromatic heterocycles. The van der Waals surface area contributed by atoms with E-state index in [0.29, 0.717) is 0 Å². The topological polar surface area (TPSA) is 26.0 Å². The van der Waals surface area contributed by atoms with Gasteiger partial charge in [-0.25, -0.2) is 0 Å². The summed E-state index contributed by atoms with van der Waals surface area (Å²) in [6.45, 7) is 8.41. The number of hydrogen-bond acceptors (Lipinski definition) is 1. The fraction of sp³-hybridized carbons (Fsp3) is 0.750. The van der Waals surface area contributed by atoms with Gasteiger partial charge in [-0.2, -0.15) is 0 Å². The summed E-state index contributed by atoms with van der Waals surface area (Å²) in [6, 6.07) is 0.227. The molecule has 0 aliphatic carbocycles. The monoisotopic (exact) mass is 127 g/mol. The summed E-state index contributed by atoms with van der Waals surface area (Å²) in [4.78, 5) is 0. The van der Waals surface area contributed by atoms with Crippen LogP contribution in [0.2, 0.25) is 0 Å². The molecular formula is C8H17N. The molecule has 0 spiro atoms. The van der Waals surface area contributed by atoms with E-state index in [2.05, 4.69) is 20.8 Å². The second kappa shape index (κ2) is 3.67. The summed E-state index contributed by atoms with van der Waals surface area (Å²) < 4.78 is 0. The van der Waals surface area contributed by atoms with Crippen LogP contribution < -0.4 is 5.73 Å². The average Bonchev–Trinajstić information content (AvgIpc) is 1.84. The Bertz CT molecular complexity index is 112. The van der Waals surface area contributed by atoms with Gasteiger partial charge in [0, 0.05) is 6.04 Å². The average molecular weight is 127 g/mol. The van der Waals surface area contributed by atoms with Crippen molar-refractivity contribution >= 4 is 0 Å². The molecular weight excluding hydrogens is 110 g/mol. The lowest BCUT2D eigenvalue weighted by molar-refractivity contribution is 0.831. The van der Waals surface area contributed by atoms with E-state index in [-0.39, 0.29) is 6.04 Å². The molecule has 0 radical (unpaired) electrons. The lowest BCUT2D eigenvalue weighted by atomic mass is 10.0. The van der Waals surface area contributed by atoms with Crippen molar-refractivity contribution in [3.05, 3.63) is 11.1 Å². The Morgan fingerprint density at radius 3 is 2.00 bits per heavy atom. The van der Waals surface area contributed by atoms with Crippen LogP contribution in [-0.4, -0.2) is 6.04 Å². The van der Waals surface area contributed by atoms with E-state index in [1.165, 1.54) is 11.1 Å². The van der Waals surface area contributed by atoms with Gasteiger partial charge in [0.15, 0.2) is 0 Å². The Hall–Kier alpha value is -0.300. The van der Waals surface area contributed by atoms with Crippen molar-refractivity contribution in [3.8, 4) is 0 Å². The second-order valence-corrected chi connectivity index (χ2v) is 2.61. The van der Waals surface area contributed by atoms with E-state index in [4.69, 9.17) is 5.73 Å². The molecule has 0 rings (SSSR count). The molecule has 1 unspecified atom stereocenters. The van der Waals surface area contributed by atoms with Gasteiger partial charge >= 0.3 is 0 Å². The van der Waals surface area contributed by atoms with Crippen LogP contribution in [0, 0.1) is 0 Å². The van der Waals surface area contributed by atoms with Crippen molar-refractivity contribution in [3.63, 3.8) is 0 Å². The Labute approximate surface area is 57.9 Å². The van der Waals surface area contributed by atoms with Crippen molar-refractivity contribution in [2.24, 2.45) is 5.73 Å². The summed E-state index contributed by atoms with van der Waals surface area (Å²) >= 11 is 0. The van der Waals surface area contributed by atoms with Gasteiger partial charge in [-0.3, -0.25) is 0 Å². The summed E-state index contributed by atoms with van der Waals surface area (Å²) in [6.07, 6.45) is 1.12. The number of rotatable bonds is 2. The highest BCUT2D eigenvalue weighted by molar-refractivity contribution is 5.13. The van der Waals surface area contributed by atoms with Crippen molar-refractivity contribution in [2.75, 3.05) is 0 Å². The van der Waals surface area contributed by atoms with Crippen molar-refractivity contribution in [1.29, 1.82) is 0 Å². The zero-order valence-electron chi connectivity index (χ0n) is 6.86. The molecule has 0 aromatic carbocycles. The normalized spacial score (nSPS) is 17.0. The van der Waals surface area contributed by atoms with Gasteiger partial charge in [0.1, 0.15) is 0 Å². The minimum Gasteiger partial charge on any atom is -0.324 e. The molecule has 1 heteroatoms. The van der Waals surface area contributed by atoms with Crippen LogP contribution >= 0.6 is 0 Å². The van der Waals surface area contributed by atoms with E-state index in [0.717, 1.165) is 6.42 Å². The fourth-order valence-corrected chi connectivity index (χ4v) is 0.667. The molecule has 0 amide bonds. The van der Waals surface area contributed by atoms with Crippen molar-refractivity contribution in [1.82, 2.24) is 0 Å². The van der Waals surface area contributed by atoms with Gasteiger partial charge in [0.05, 0.1) is 0 Å². The maximum atomic E-state index is 5.65. The second-order valence-electron chi connectivity index (χ2n) is 2.61. The summed E-state index contributed by atoms with van der Waals surface area (Å²) in [7, 11) is 0. The summed E-state index contributed by atoms with van der Waals surface area (Å²) in [5.41, 5.74) is 8.41. The third kappa shape index (κ3) is 2.66. The molecule has 1 atom stereocenters. The molecule has 2 N–H and O–H groups in total. The van der Waals surface area contributed by atoms with Gasteiger partial charge in [-0.15, -0.1) is 0 Å². The van der Waals surface area contributed by atoms with E-state index >= 15 is 0 Å². The van der Waals surface area contributed by atoms with E-state index in [1.54, 1.807) is 0 Å². The van der Waals surface area contributed by atoms with Crippen LogP contribution in [0.25, 0.3) is 0 Å². The standard InChI is InChI=1S/C8H17N/c1-5-6(2)7(3)8(4)9/h8H,5,9H2,1-4H3/b7-6-. The minimum absolute atomic E-state index is 0.227. The van der Waals surface area contributed by atoms with Crippen molar-refractivity contribution in [2.45, 2.75) is 40.2 Å². The highest BCUT2D eigenvalue weighted by Crippen LogP contribution is 2.08. The zero-order valence-corrected chi connectivity index (χ0v) is 6.86. The van der Waals surface area contributed by atoms with Crippen LogP contribution in [0.15, 0.2) is 11.1 Å². The van der Waals surface area contributed by atoms with Crippen LogP contribution in [0.4, 0.5) is 0 Å². The van der Waals surface area contributed by atoms with Crippen LogP contribution in [0.1, 0.15) is 34.1 Å². The number of allylic oxidation sites excluding steroid dienone is 1. The van der Waals surface area contributed by atoms with E-state index in [1.807, 2.05) is 6.92 Å². The summed E-state index contributed by atoms with van der Waals surface area (Å²) in [5.74, 6) is 0. The quantitative estimate of drug-likeness (QED) is 0.565. The van der Waals surface area contributed by atoms with E-state index < -0.39 is 0 Å². The predicted molar refractivity (Wildman–Crippen MR) is 42.3 cm³/mol. The highest BCUT2D eigenvalue weighted by Gasteiger charge is 1.98. The van der Waals surface area contributed by atoms with Gasteiger partial charge in [0.2, 0.25) is 0 Å². The predicted octanol–water partition coefficient (Wildman–Crippen LogP) is 2.08. The zero-order chi connectivity index (χ0) is 7.44. The molecule has 54 valence electrons. The van der Waals surface area contributed by atoms with Gasteiger partial charge in [-0.05, 0) is 27.2 Å². The number of hydrogen-bond donors (Lipinski definition) is 1. The fourth-order valence-electron chi connectivity index (χ4n) is 0.667. The SMILES string of the molecule is CC/C(C)=C(/C)C(C)N. The summed E-state index contributed by atoms with van der Waals surface area (Å²) in [5, 5.41) is 0. The molecule has 0 saturated carbocycles. The Kier molecular flexibility index (Phi) is 3.55. The Morgan fingerprint density at radius 2 is 1.89 bits per heavy atom. The maximum absolute atomic E-state index is 5.65. The molecule has 9 heavy (non-hydrogen) atoms. The first-order valence-corrected chi connectivity index (χ1v) is 3.51. The van der Waals surface area contributed by atoms with Gasteiger partial charge < -0.3 is 5.73 Å². The van der Waals surface area contributed by atoms with Crippen LogP contribution in [-0.2, 0) is 0 Å². The first kappa shape index (κ1) is 8.70. The molecule has 1 nitrogen and oxygen atoms in total. The molecule has 0 saturated heterocycles. The molecule has 0 aromatic rings. The minimum atomic E-state index is 0.227. The maximum Gasteiger partial charge on any atom is 0.0224 e. The molecule has 0 aliphatic rings. The first-order chi connectivity index (χ1) is 4.09. The van der Waals surface area contributed by atoms with E-state index in [9.17, 15) is 0 Å². The third-order valence-electron chi connectivity index (χ3n) is 1.89. The van der Waals surface area contributed by atoms with Crippen LogP contribution in [0.5, 0.6) is 0 Å². The lowest BCUT2D eigenvalue weighted by Gasteiger charge is -2.08. The smallest absolute Gasteiger partial charge is 0.0224 e. The molecule has 0 fully saturated rings. The van der Waals surface area contributed by atoms with Crippen LogP contribution in [0.3, 0.4) is 0 Å². The van der Waals surface area contributed by atoms with Gasteiger partial charge in [-0.1, -0.05) is 18.1 Å². The number of nitrogens with two attached hydrogens (primary N) is 1.